The summed E-state index contributed by atoms with van der Waals surface area (Å²) in [5, 5.41) is 11.6. The SMILES string of the molecule is COC(=O)C[C@H](NC(=O)c1ccc(Cl)cc1)C(=O)O. The molecule has 0 aliphatic heterocycles. The zero-order valence-corrected chi connectivity index (χ0v) is 10.8. The lowest BCUT2D eigenvalue weighted by molar-refractivity contribution is -0.147. The van der Waals surface area contributed by atoms with E-state index in [0.717, 1.165) is 7.11 Å². The number of amides is 1. The molecule has 19 heavy (non-hydrogen) atoms. The van der Waals surface area contributed by atoms with Gasteiger partial charge >= 0.3 is 11.9 Å². The van der Waals surface area contributed by atoms with Crippen LogP contribution in [0.3, 0.4) is 0 Å². The number of aliphatic carboxylic acids is 1. The minimum atomic E-state index is -1.34. The highest BCUT2D eigenvalue weighted by atomic mass is 35.5. The number of methoxy groups -OCH3 is 1. The van der Waals surface area contributed by atoms with E-state index >= 15 is 0 Å². The number of hydrogen-bond acceptors (Lipinski definition) is 4. The van der Waals surface area contributed by atoms with E-state index in [0.29, 0.717) is 5.02 Å². The summed E-state index contributed by atoms with van der Waals surface area (Å²) in [6, 6.07) is 4.58. The fourth-order valence-corrected chi connectivity index (χ4v) is 1.42. The monoisotopic (exact) mass is 285 g/mol. The lowest BCUT2D eigenvalue weighted by Gasteiger charge is -2.13. The average molecular weight is 286 g/mol. The van der Waals surface area contributed by atoms with Crippen molar-refractivity contribution >= 4 is 29.4 Å². The highest BCUT2D eigenvalue weighted by Gasteiger charge is 2.24. The van der Waals surface area contributed by atoms with Gasteiger partial charge in [-0.15, -0.1) is 0 Å². The van der Waals surface area contributed by atoms with Crippen LogP contribution in [0.15, 0.2) is 24.3 Å². The number of benzene rings is 1. The van der Waals surface area contributed by atoms with Crippen LogP contribution in [0.5, 0.6) is 0 Å². The molecule has 102 valence electrons. The zero-order chi connectivity index (χ0) is 14.4. The van der Waals surface area contributed by atoms with Crippen LogP contribution in [0.25, 0.3) is 0 Å². The van der Waals surface area contributed by atoms with Gasteiger partial charge in [0, 0.05) is 10.6 Å². The molecule has 0 radical (unpaired) electrons. The number of rotatable bonds is 5. The Kier molecular flexibility index (Phi) is 5.32. The van der Waals surface area contributed by atoms with Crippen molar-refractivity contribution in [3.8, 4) is 0 Å². The molecule has 0 aromatic heterocycles. The normalized spacial score (nSPS) is 11.5. The van der Waals surface area contributed by atoms with Crippen LogP contribution in [0.4, 0.5) is 0 Å². The third-order valence-electron chi connectivity index (χ3n) is 2.31. The Labute approximate surface area is 114 Å². The largest absolute Gasteiger partial charge is 0.480 e. The summed E-state index contributed by atoms with van der Waals surface area (Å²) in [7, 11) is 1.14. The first kappa shape index (κ1) is 15.0. The summed E-state index contributed by atoms with van der Waals surface area (Å²) < 4.78 is 4.36. The summed E-state index contributed by atoms with van der Waals surface area (Å²) in [6.45, 7) is 0. The van der Waals surface area contributed by atoms with Crippen LogP contribution in [0, 0.1) is 0 Å². The second-order valence-corrected chi connectivity index (χ2v) is 4.09. The van der Waals surface area contributed by atoms with Crippen LogP contribution >= 0.6 is 11.6 Å². The number of carbonyl (C=O) groups excluding carboxylic acids is 2. The molecule has 0 aliphatic rings. The van der Waals surface area contributed by atoms with Crippen LogP contribution in [0.1, 0.15) is 16.8 Å². The van der Waals surface area contributed by atoms with Crippen LogP contribution in [-0.2, 0) is 14.3 Å². The first-order chi connectivity index (χ1) is 8.93. The van der Waals surface area contributed by atoms with E-state index in [-0.39, 0.29) is 5.56 Å². The molecule has 7 heteroatoms. The Hall–Kier alpha value is -2.08. The zero-order valence-electron chi connectivity index (χ0n) is 10.1. The molecule has 0 spiro atoms. The minimum absolute atomic E-state index is 0.250. The topological polar surface area (TPSA) is 92.7 Å². The molecule has 1 rings (SSSR count). The maximum absolute atomic E-state index is 11.8. The van der Waals surface area contributed by atoms with Gasteiger partial charge in [-0.3, -0.25) is 9.59 Å². The van der Waals surface area contributed by atoms with Crippen LogP contribution in [0.2, 0.25) is 5.02 Å². The Bertz CT molecular complexity index is 485. The predicted octanol–water partition coefficient (Wildman–Crippen LogP) is 1.09. The Morgan fingerprint density at radius 2 is 1.89 bits per heavy atom. The molecule has 0 saturated heterocycles. The molecule has 0 saturated carbocycles. The van der Waals surface area contributed by atoms with E-state index in [9.17, 15) is 14.4 Å². The molecule has 0 heterocycles. The van der Waals surface area contributed by atoms with E-state index in [1.807, 2.05) is 0 Å². The third-order valence-corrected chi connectivity index (χ3v) is 2.56. The van der Waals surface area contributed by atoms with Gasteiger partial charge in [-0.25, -0.2) is 4.79 Å². The van der Waals surface area contributed by atoms with Gasteiger partial charge < -0.3 is 15.2 Å². The summed E-state index contributed by atoms with van der Waals surface area (Å²) in [5.74, 6) is -2.63. The van der Waals surface area contributed by atoms with Crippen molar-refractivity contribution in [2.24, 2.45) is 0 Å². The van der Waals surface area contributed by atoms with E-state index < -0.39 is 30.3 Å². The van der Waals surface area contributed by atoms with Gasteiger partial charge in [-0.2, -0.15) is 0 Å². The number of carboxylic acid groups (broad SMARTS) is 1. The van der Waals surface area contributed by atoms with Gasteiger partial charge in [0.05, 0.1) is 13.5 Å². The van der Waals surface area contributed by atoms with E-state index in [1.165, 1.54) is 24.3 Å². The standard InChI is InChI=1S/C12H12ClNO5/c1-19-10(15)6-9(12(17)18)14-11(16)7-2-4-8(13)5-3-7/h2-5,9H,6H2,1H3,(H,14,16)(H,17,18)/t9-/m0/s1. The van der Waals surface area contributed by atoms with Crippen molar-refractivity contribution < 1.29 is 24.2 Å². The summed E-state index contributed by atoms with van der Waals surface area (Å²) in [5.41, 5.74) is 0.250. The van der Waals surface area contributed by atoms with Crippen molar-refractivity contribution in [3.63, 3.8) is 0 Å². The number of esters is 1. The second-order valence-electron chi connectivity index (χ2n) is 3.65. The van der Waals surface area contributed by atoms with Gasteiger partial charge in [0.25, 0.3) is 5.91 Å². The molecule has 6 nitrogen and oxygen atoms in total. The molecular weight excluding hydrogens is 274 g/mol. The highest BCUT2D eigenvalue weighted by Crippen LogP contribution is 2.09. The average Bonchev–Trinajstić information content (AvgIpc) is 2.38. The first-order valence-corrected chi connectivity index (χ1v) is 5.68. The number of hydrogen-bond donors (Lipinski definition) is 2. The summed E-state index contributed by atoms with van der Waals surface area (Å²) >= 11 is 5.67. The first-order valence-electron chi connectivity index (χ1n) is 5.30. The fourth-order valence-electron chi connectivity index (χ4n) is 1.29. The van der Waals surface area contributed by atoms with Crippen molar-refractivity contribution in [2.75, 3.05) is 7.11 Å². The number of carboxylic acids is 1. The molecule has 0 aliphatic carbocycles. The summed E-state index contributed by atoms with van der Waals surface area (Å²) in [6.07, 6.45) is -0.439. The Morgan fingerprint density at radius 3 is 2.37 bits per heavy atom. The lowest BCUT2D eigenvalue weighted by Crippen LogP contribution is -2.42. The molecule has 0 fully saturated rings. The van der Waals surface area contributed by atoms with Gasteiger partial charge in [0.1, 0.15) is 6.04 Å². The number of halogens is 1. The van der Waals surface area contributed by atoms with Crippen molar-refractivity contribution in [1.29, 1.82) is 0 Å². The van der Waals surface area contributed by atoms with Gasteiger partial charge in [-0.1, -0.05) is 11.6 Å². The lowest BCUT2D eigenvalue weighted by atomic mass is 10.1. The molecule has 0 bridgehead atoms. The van der Waals surface area contributed by atoms with Crippen molar-refractivity contribution in [3.05, 3.63) is 34.9 Å². The van der Waals surface area contributed by atoms with Crippen LogP contribution < -0.4 is 5.32 Å². The van der Waals surface area contributed by atoms with Gasteiger partial charge in [0.2, 0.25) is 0 Å². The molecule has 1 atom stereocenters. The molecule has 1 aromatic rings. The smallest absolute Gasteiger partial charge is 0.326 e. The van der Waals surface area contributed by atoms with E-state index in [2.05, 4.69) is 10.1 Å². The number of carbonyl (C=O) groups is 3. The molecular formula is C12H12ClNO5. The predicted molar refractivity (Wildman–Crippen MR) is 67.0 cm³/mol. The molecule has 2 N–H and O–H groups in total. The maximum atomic E-state index is 11.8. The van der Waals surface area contributed by atoms with Gasteiger partial charge in [0.15, 0.2) is 0 Å². The molecule has 1 aromatic carbocycles. The Balaban J connectivity index is 2.73. The molecule has 1 amide bonds. The van der Waals surface area contributed by atoms with Gasteiger partial charge in [-0.05, 0) is 24.3 Å². The number of ether oxygens (including phenoxy) is 1. The summed E-state index contributed by atoms with van der Waals surface area (Å²) in [4.78, 5) is 33.7. The van der Waals surface area contributed by atoms with Crippen molar-refractivity contribution in [2.45, 2.75) is 12.5 Å². The minimum Gasteiger partial charge on any atom is -0.480 e. The third kappa shape index (κ3) is 4.59. The Morgan fingerprint density at radius 1 is 1.32 bits per heavy atom. The van der Waals surface area contributed by atoms with Crippen LogP contribution in [-0.4, -0.2) is 36.1 Å². The molecule has 0 unspecified atom stereocenters. The number of nitrogens with one attached hydrogen (secondary N) is 1. The maximum Gasteiger partial charge on any atom is 0.326 e. The van der Waals surface area contributed by atoms with Crippen molar-refractivity contribution in [1.82, 2.24) is 5.32 Å². The second kappa shape index (κ2) is 6.75. The van der Waals surface area contributed by atoms with E-state index in [1.54, 1.807) is 0 Å². The van der Waals surface area contributed by atoms with E-state index in [4.69, 9.17) is 16.7 Å². The quantitative estimate of drug-likeness (QED) is 0.790. The highest BCUT2D eigenvalue weighted by molar-refractivity contribution is 6.30. The fraction of sp³-hybridized carbons (Fsp3) is 0.250.